The average molecular weight is 535 g/mol. The van der Waals surface area contributed by atoms with Crippen LogP contribution in [-0.2, 0) is 6.42 Å². The highest BCUT2D eigenvalue weighted by Crippen LogP contribution is 2.45. The summed E-state index contributed by atoms with van der Waals surface area (Å²) >= 11 is 6.17. The molecule has 198 valence electrons. The number of nitrogens with zero attached hydrogens (tertiary/aromatic N) is 3. The van der Waals surface area contributed by atoms with Crippen molar-refractivity contribution in [3.05, 3.63) is 59.0 Å². The number of fused-ring (bicyclic) bond motifs is 1. The first-order valence-corrected chi connectivity index (χ1v) is 13.1. The van der Waals surface area contributed by atoms with Gasteiger partial charge in [-0.15, -0.1) is 13.2 Å². The molecule has 1 spiro atoms. The van der Waals surface area contributed by atoms with E-state index in [1.165, 1.54) is 12.1 Å². The van der Waals surface area contributed by atoms with Crippen LogP contribution in [0, 0.1) is 5.41 Å². The lowest BCUT2D eigenvalue weighted by molar-refractivity contribution is -0.274. The van der Waals surface area contributed by atoms with Gasteiger partial charge in [0.1, 0.15) is 17.1 Å². The zero-order valence-electron chi connectivity index (χ0n) is 20.7. The van der Waals surface area contributed by atoms with Gasteiger partial charge in [0.25, 0.3) is 5.91 Å². The van der Waals surface area contributed by atoms with Crippen molar-refractivity contribution in [2.45, 2.75) is 64.3 Å². The highest BCUT2D eigenvalue weighted by Gasteiger charge is 2.39. The van der Waals surface area contributed by atoms with Crippen LogP contribution in [0.25, 0.3) is 5.65 Å². The van der Waals surface area contributed by atoms with Crippen LogP contribution in [0.5, 0.6) is 5.75 Å². The Morgan fingerprint density at radius 3 is 2.41 bits per heavy atom. The van der Waals surface area contributed by atoms with Crippen molar-refractivity contribution < 1.29 is 22.7 Å². The van der Waals surface area contributed by atoms with Crippen molar-refractivity contribution in [1.29, 1.82) is 0 Å². The Hall–Kier alpha value is -2.94. The molecule has 1 aliphatic carbocycles. The molecule has 3 aromatic rings. The predicted molar refractivity (Wildman–Crippen MR) is 136 cm³/mol. The zero-order chi connectivity index (χ0) is 26.2. The van der Waals surface area contributed by atoms with Crippen molar-refractivity contribution in [3.8, 4) is 5.75 Å². The lowest BCUT2D eigenvalue weighted by Crippen LogP contribution is -2.46. The Kier molecular flexibility index (Phi) is 7.00. The van der Waals surface area contributed by atoms with Gasteiger partial charge in [0, 0.05) is 31.0 Å². The number of aromatic nitrogens is 2. The van der Waals surface area contributed by atoms with Crippen molar-refractivity contribution in [2.24, 2.45) is 5.41 Å². The van der Waals surface area contributed by atoms with E-state index in [0.29, 0.717) is 22.8 Å². The van der Waals surface area contributed by atoms with Crippen LogP contribution < -0.4 is 15.0 Å². The van der Waals surface area contributed by atoms with Gasteiger partial charge >= 0.3 is 6.36 Å². The number of anilines is 1. The molecule has 5 rings (SSSR count). The molecule has 0 bridgehead atoms. The molecule has 1 N–H and O–H groups in total. The second-order valence-corrected chi connectivity index (χ2v) is 10.5. The van der Waals surface area contributed by atoms with Crippen LogP contribution in [-0.4, -0.2) is 40.8 Å². The summed E-state index contributed by atoms with van der Waals surface area (Å²) in [5.74, 6) is -0.316. The number of alkyl halides is 3. The van der Waals surface area contributed by atoms with Crippen LogP contribution in [0.2, 0.25) is 5.02 Å². The number of carbonyl (C=O) groups excluding carboxylic acids is 1. The minimum atomic E-state index is -4.68. The minimum absolute atomic E-state index is 0.111. The molecule has 10 heteroatoms. The number of imidazole rings is 1. The lowest BCUT2D eigenvalue weighted by Gasteiger charge is -2.46. The number of piperidine rings is 1. The summed E-state index contributed by atoms with van der Waals surface area (Å²) in [5, 5.41) is 3.79. The van der Waals surface area contributed by atoms with Crippen LogP contribution in [0.3, 0.4) is 0 Å². The van der Waals surface area contributed by atoms with Gasteiger partial charge in [0.2, 0.25) is 0 Å². The van der Waals surface area contributed by atoms with Gasteiger partial charge in [-0.25, -0.2) is 4.98 Å². The fourth-order valence-electron chi connectivity index (χ4n) is 5.78. The smallest absolute Gasteiger partial charge is 0.406 e. The maximum absolute atomic E-state index is 13.3. The number of hydrogen-bond donors (Lipinski definition) is 1. The minimum Gasteiger partial charge on any atom is -0.406 e. The van der Waals surface area contributed by atoms with E-state index in [9.17, 15) is 18.0 Å². The number of nitrogens with one attached hydrogen (secondary N) is 1. The summed E-state index contributed by atoms with van der Waals surface area (Å²) in [6.07, 6.45) is 3.70. The molecule has 2 aromatic heterocycles. The Morgan fingerprint density at radius 1 is 1.11 bits per heavy atom. The number of hydrogen-bond acceptors (Lipinski definition) is 4. The molecule has 3 heterocycles. The molecule has 2 aliphatic rings. The summed E-state index contributed by atoms with van der Waals surface area (Å²) in [6.45, 7) is 3.71. The van der Waals surface area contributed by atoms with E-state index in [-0.39, 0.29) is 23.1 Å². The first-order chi connectivity index (χ1) is 17.6. The summed E-state index contributed by atoms with van der Waals surface area (Å²) in [5.41, 5.74) is 3.19. The predicted octanol–water partition coefficient (Wildman–Crippen LogP) is 6.41. The standard InChI is InChI=1S/C27H30ClF3N4O2/c1-2-22-24(35-17-18(28)3-8-23(35)33-22)25(36)32-19-9-11-26(12-10-19)13-15-34(16-14-26)20-4-6-21(7-5-20)37-27(29,30)31/h3-8,17,19H,2,9-16H2,1H3,(H,32,36). The number of benzene rings is 1. The molecule has 1 aliphatic heterocycles. The van der Waals surface area contributed by atoms with E-state index in [1.807, 2.05) is 13.0 Å². The molecular weight excluding hydrogens is 505 g/mol. The molecule has 0 radical (unpaired) electrons. The largest absolute Gasteiger partial charge is 0.573 e. The van der Waals surface area contributed by atoms with Gasteiger partial charge in [0.15, 0.2) is 0 Å². The molecule has 37 heavy (non-hydrogen) atoms. The van der Waals surface area contributed by atoms with E-state index >= 15 is 0 Å². The molecule has 2 fully saturated rings. The normalized spacial score (nSPS) is 18.4. The number of pyridine rings is 1. The van der Waals surface area contributed by atoms with Gasteiger partial charge in [0.05, 0.1) is 10.7 Å². The summed E-state index contributed by atoms with van der Waals surface area (Å²) in [6, 6.07) is 9.80. The molecule has 0 unspecified atom stereocenters. The second kappa shape index (κ2) is 10.1. The third kappa shape index (κ3) is 5.66. The third-order valence-electron chi connectivity index (χ3n) is 7.85. The van der Waals surface area contributed by atoms with E-state index in [2.05, 4.69) is 19.9 Å². The SMILES string of the molecule is CCc1nc2ccc(Cl)cn2c1C(=O)NC1CCC2(CC1)CCN(c1ccc(OC(F)(F)F)cc1)CC2. The van der Waals surface area contributed by atoms with Crippen molar-refractivity contribution in [2.75, 3.05) is 18.0 Å². The molecule has 0 atom stereocenters. The van der Waals surface area contributed by atoms with Gasteiger partial charge in [-0.2, -0.15) is 0 Å². The Labute approximate surface area is 218 Å². The molecule has 1 aromatic carbocycles. The Morgan fingerprint density at radius 2 is 1.78 bits per heavy atom. The van der Waals surface area contributed by atoms with Crippen LogP contribution in [0.15, 0.2) is 42.6 Å². The number of rotatable bonds is 5. The fourth-order valence-corrected chi connectivity index (χ4v) is 5.94. The summed E-state index contributed by atoms with van der Waals surface area (Å²) < 4.78 is 43.0. The van der Waals surface area contributed by atoms with E-state index in [4.69, 9.17) is 11.6 Å². The summed E-state index contributed by atoms with van der Waals surface area (Å²) in [7, 11) is 0. The first kappa shape index (κ1) is 25.7. The second-order valence-electron chi connectivity index (χ2n) is 10.1. The maximum atomic E-state index is 13.3. The summed E-state index contributed by atoms with van der Waals surface area (Å²) in [4.78, 5) is 20.1. The quantitative estimate of drug-likeness (QED) is 0.411. The molecule has 1 saturated heterocycles. The zero-order valence-corrected chi connectivity index (χ0v) is 21.4. The van der Waals surface area contributed by atoms with Gasteiger partial charge in [-0.05, 0) is 86.8 Å². The molecular formula is C27H30ClF3N4O2. The van der Waals surface area contributed by atoms with Crippen LogP contribution in [0.1, 0.15) is 61.6 Å². The number of ether oxygens (including phenoxy) is 1. The third-order valence-corrected chi connectivity index (χ3v) is 8.07. The van der Waals surface area contributed by atoms with Crippen LogP contribution >= 0.6 is 11.6 Å². The van der Waals surface area contributed by atoms with Gasteiger partial charge < -0.3 is 15.0 Å². The highest BCUT2D eigenvalue weighted by molar-refractivity contribution is 6.30. The molecule has 1 saturated carbocycles. The first-order valence-electron chi connectivity index (χ1n) is 12.7. The molecule has 1 amide bonds. The number of amides is 1. The number of aryl methyl sites for hydroxylation is 1. The van der Waals surface area contributed by atoms with Gasteiger partial charge in [-0.1, -0.05) is 18.5 Å². The van der Waals surface area contributed by atoms with Crippen LogP contribution in [0.4, 0.5) is 18.9 Å². The average Bonchev–Trinajstić information content (AvgIpc) is 3.23. The topological polar surface area (TPSA) is 58.9 Å². The van der Waals surface area contributed by atoms with Crippen molar-refractivity contribution in [1.82, 2.24) is 14.7 Å². The van der Waals surface area contributed by atoms with E-state index in [1.54, 1.807) is 28.8 Å². The highest BCUT2D eigenvalue weighted by atomic mass is 35.5. The fraction of sp³-hybridized carbons (Fsp3) is 0.481. The van der Waals surface area contributed by atoms with Gasteiger partial charge in [-0.3, -0.25) is 9.20 Å². The maximum Gasteiger partial charge on any atom is 0.573 e. The number of carbonyl (C=O) groups is 1. The monoisotopic (exact) mass is 534 g/mol. The molecule has 6 nitrogen and oxygen atoms in total. The number of halogens is 4. The van der Waals surface area contributed by atoms with E-state index in [0.717, 1.165) is 63.0 Å². The lowest BCUT2D eigenvalue weighted by atomic mass is 9.67. The van der Waals surface area contributed by atoms with E-state index < -0.39 is 6.36 Å². The Balaban J connectivity index is 1.16. The van der Waals surface area contributed by atoms with Crippen molar-refractivity contribution >= 4 is 28.8 Å². The Bertz CT molecular complexity index is 1260. The van der Waals surface area contributed by atoms with Crippen molar-refractivity contribution in [3.63, 3.8) is 0 Å².